The second-order valence-electron chi connectivity index (χ2n) is 7.43. The Bertz CT molecular complexity index is 679. The van der Waals surface area contributed by atoms with Crippen molar-refractivity contribution in [2.75, 3.05) is 26.2 Å². The van der Waals surface area contributed by atoms with Crippen LogP contribution in [0.5, 0.6) is 0 Å². The first kappa shape index (κ1) is 18.4. The van der Waals surface area contributed by atoms with E-state index in [1.165, 1.54) is 6.92 Å². The maximum atomic E-state index is 12.4. The number of hydrogen-bond acceptors (Lipinski definition) is 4. The molecule has 1 N–H and O–H groups in total. The lowest BCUT2D eigenvalue weighted by atomic mass is 9.73. The van der Waals surface area contributed by atoms with Crippen molar-refractivity contribution in [1.82, 2.24) is 20.1 Å². The van der Waals surface area contributed by atoms with Gasteiger partial charge >= 0.3 is 0 Å². The monoisotopic (exact) mass is 358 g/mol. The lowest BCUT2D eigenvalue weighted by Gasteiger charge is -2.48. The number of likely N-dealkylation sites (tertiary alicyclic amines) is 2. The molecular weight excluding hydrogens is 332 g/mol. The number of pyridine rings is 1. The number of nitrogens with one attached hydrogen (secondary N) is 1. The summed E-state index contributed by atoms with van der Waals surface area (Å²) >= 11 is 0. The molecule has 7 heteroatoms. The molecule has 7 nitrogen and oxygen atoms in total. The molecule has 0 bridgehead atoms. The van der Waals surface area contributed by atoms with Gasteiger partial charge in [-0.2, -0.15) is 0 Å². The van der Waals surface area contributed by atoms with Crippen LogP contribution in [0.3, 0.4) is 0 Å². The van der Waals surface area contributed by atoms with E-state index in [9.17, 15) is 14.4 Å². The second kappa shape index (κ2) is 7.85. The smallest absolute Gasteiger partial charge is 0.241 e. The minimum Gasteiger partial charge on any atom is -0.347 e. The SMILES string of the molecule is CC(=O)NCC(=O)N1CCCC2(CCC(=O)N(Cc3ccncc3)C2)C1. The zero-order valence-electron chi connectivity index (χ0n) is 15.2. The molecule has 1 unspecified atom stereocenters. The van der Waals surface area contributed by atoms with Crippen LogP contribution in [0.15, 0.2) is 24.5 Å². The maximum Gasteiger partial charge on any atom is 0.241 e. The summed E-state index contributed by atoms with van der Waals surface area (Å²) < 4.78 is 0. The van der Waals surface area contributed by atoms with Crippen LogP contribution in [-0.2, 0) is 20.9 Å². The van der Waals surface area contributed by atoms with Crippen LogP contribution in [0.2, 0.25) is 0 Å². The molecule has 3 rings (SSSR count). The van der Waals surface area contributed by atoms with E-state index in [1.807, 2.05) is 21.9 Å². The van der Waals surface area contributed by atoms with Crippen molar-refractivity contribution in [2.24, 2.45) is 5.41 Å². The van der Waals surface area contributed by atoms with E-state index in [1.54, 1.807) is 12.4 Å². The van der Waals surface area contributed by atoms with E-state index in [4.69, 9.17) is 0 Å². The van der Waals surface area contributed by atoms with Crippen molar-refractivity contribution in [3.63, 3.8) is 0 Å². The minimum atomic E-state index is -0.197. The van der Waals surface area contributed by atoms with E-state index in [0.717, 1.165) is 31.4 Å². The minimum absolute atomic E-state index is 0.0366. The van der Waals surface area contributed by atoms with Gasteiger partial charge in [-0.05, 0) is 37.0 Å². The standard InChI is InChI=1S/C19H26N4O3/c1-15(24)21-11-18(26)22-10-2-6-19(13-22)7-3-17(25)23(14-19)12-16-4-8-20-9-5-16/h4-5,8-9H,2-3,6-7,10-14H2,1H3,(H,21,24). The van der Waals surface area contributed by atoms with Crippen molar-refractivity contribution >= 4 is 17.7 Å². The number of carbonyl (C=O) groups is 3. The van der Waals surface area contributed by atoms with Gasteiger partial charge in [0.1, 0.15) is 0 Å². The second-order valence-corrected chi connectivity index (χ2v) is 7.43. The van der Waals surface area contributed by atoms with E-state index in [-0.39, 0.29) is 29.7 Å². The molecule has 0 saturated carbocycles. The number of rotatable bonds is 4. The Kier molecular flexibility index (Phi) is 5.54. The van der Waals surface area contributed by atoms with Crippen LogP contribution < -0.4 is 5.32 Å². The van der Waals surface area contributed by atoms with Crippen LogP contribution in [0.25, 0.3) is 0 Å². The molecule has 0 radical (unpaired) electrons. The Balaban J connectivity index is 1.65. The number of piperidine rings is 2. The fourth-order valence-electron chi connectivity index (χ4n) is 4.02. The van der Waals surface area contributed by atoms with Gasteiger partial charge < -0.3 is 15.1 Å². The molecule has 1 aromatic heterocycles. The van der Waals surface area contributed by atoms with E-state index >= 15 is 0 Å². The van der Waals surface area contributed by atoms with Crippen LogP contribution in [0.1, 0.15) is 38.2 Å². The topological polar surface area (TPSA) is 82.6 Å². The highest BCUT2D eigenvalue weighted by atomic mass is 16.2. The van der Waals surface area contributed by atoms with Crippen molar-refractivity contribution < 1.29 is 14.4 Å². The summed E-state index contributed by atoms with van der Waals surface area (Å²) in [5.74, 6) is -0.0668. The molecule has 2 aliphatic rings. The summed E-state index contributed by atoms with van der Waals surface area (Å²) in [6.45, 7) is 4.10. The molecule has 3 heterocycles. The van der Waals surface area contributed by atoms with Crippen LogP contribution in [-0.4, -0.2) is 58.7 Å². The van der Waals surface area contributed by atoms with Crippen LogP contribution in [0, 0.1) is 5.41 Å². The zero-order chi connectivity index (χ0) is 18.6. The summed E-state index contributed by atoms with van der Waals surface area (Å²) in [4.78, 5) is 43.6. The van der Waals surface area contributed by atoms with Crippen LogP contribution in [0.4, 0.5) is 0 Å². The molecule has 1 spiro atoms. The van der Waals surface area contributed by atoms with Gasteiger partial charge in [-0.1, -0.05) is 0 Å². The van der Waals surface area contributed by atoms with Gasteiger partial charge in [-0.15, -0.1) is 0 Å². The van der Waals surface area contributed by atoms with E-state index < -0.39 is 0 Å². The Morgan fingerprint density at radius 1 is 1.23 bits per heavy atom. The first-order valence-corrected chi connectivity index (χ1v) is 9.16. The molecule has 2 aliphatic heterocycles. The quantitative estimate of drug-likeness (QED) is 0.869. The van der Waals surface area contributed by atoms with Gasteiger partial charge in [0, 0.05) is 57.3 Å². The lowest BCUT2D eigenvalue weighted by Crippen LogP contribution is -2.55. The largest absolute Gasteiger partial charge is 0.347 e. The molecule has 0 aliphatic carbocycles. The molecule has 0 aromatic carbocycles. The summed E-state index contributed by atoms with van der Waals surface area (Å²) in [6.07, 6.45) is 6.78. The molecule has 1 aromatic rings. The van der Waals surface area contributed by atoms with Crippen molar-refractivity contribution in [3.05, 3.63) is 30.1 Å². The van der Waals surface area contributed by atoms with Gasteiger partial charge in [-0.3, -0.25) is 19.4 Å². The summed E-state index contributed by atoms with van der Waals surface area (Å²) in [7, 11) is 0. The number of aromatic nitrogens is 1. The van der Waals surface area contributed by atoms with Crippen LogP contribution >= 0.6 is 0 Å². The van der Waals surface area contributed by atoms with Gasteiger partial charge in [0.15, 0.2) is 0 Å². The predicted octanol–water partition coefficient (Wildman–Crippen LogP) is 0.949. The highest BCUT2D eigenvalue weighted by Gasteiger charge is 2.42. The zero-order valence-corrected chi connectivity index (χ0v) is 15.2. The van der Waals surface area contributed by atoms with Gasteiger partial charge in [0.05, 0.1) is 6.54 Å². The number of nitrogens with zero attached hydrogens (tertiary/aromatic N) is 3. The van der Waals surface area contributed by atoms with E-state index in [2.05, 4.69) is 10.3 Å². The molecule has 2 fully saturated rings. The van der Waals surface area contributed by atoms with Gasteiger partial charge in [-0.25, -0.2) is 0 Å². The third-order valence-electron chi connectivity index (χ3n) is 5.37. The molecule has 3 amide bonds. The van der Waals surface area contributed by atoms with E-state index in [0.29, 0.717) is 26.1 Å². The Morgan fingerprint density at radius 3 is 2.73 bits per heavy atom. The average Bonchev–Trinajstić information content (AvgIpc) is 2.64. The summed E-state index contributed by atoms with van der Waals surface area (Å²) in [6, 6.07) is 3.86. The third-order valence-corrected chi connectivity index (χ3v) is 5.37. The first-order valence-electron chi connectivity index (χ1n) is 9.16. The first-order chi connectivity index (χ1) is 12.5. The Labute approximate surface area is 153 Å². The Hall–Kier alpha value is -2.44. The Morgan fingerprint density at radius 2 is 2.00 bits per heavy atom. The normalized spacial score (nSPS) is 23.2. The summed E-state index contributed by atoms with van der Waals surface area (Å²) in [5, 5.41) is 2.58. The predicted molar refractivity (Wildman–Crippen MR) is 95.8 cm³/mol. The maximum absolute atomic E-state index is 12.4. The fourth-order valence-corrected chi connectivity index (χ4v) is 4.02. The molecule has 2 saturated heterocycles. The third kappa shape index (κ3) is 4.39. The number of amides is 3. The highest BCUT2D eigenvalue weighted by Crippen LogP contribution is 2.39. The van der Waals surface area contributed by atoms with Gasteiger partial charge in [0.25, 0.3) is 0 Å². The molecule has 26 heavy (non-hydrogen) atoms. The molecule has 1 atom stereocenters. The average molecular weight is 358 g/mol. The summed E-state index contributed by atoms with van der Waals surface area (Å²) in [5.41, 5.74) is 1.03. The fraction of sp³-hybridized carbons (Fsp3) is 0.579. The number of hydrogen-bond donors (Lipinski definition) is 1. The number of carbonyl (C=O) groups excluding carboxylic acids is 3. The molecular formula is C19H26N4O3. The van der Waals surface area contributed by atoms with Crippen molar-refractivity contribution in [1.29, 1.82) is 0 Å². The van der Waals surface area contributed by atoms with Gasteiger partial charge in [0.2, 0.25) is 17.7 Å². The molecule has 140 valence electrons. The lowest BCUT2D eigenvalue weighted by molar-refractivity contribution is -0.143. The highest BCUT2D eigenvalue weighted by molar-refractivity contribution is 5.84. The van der Waals surface area contributed by atoms with Crippen molar-refractivity contribution in [3.8, 4) is 0 Å². The van der Waals surface area contributed by atoms with Crippen molar-refractivity contribution in [2.45, 2.75) is 39.2 Å².